The van der Waals surface area contributed by atoms with Crippen molar-refractivity contribution in [2.45, 2.75) is 0 Å². The molecule has 0 fully saturated rings. The minimum atomic E-state index is -0.338. The van der Waals surface area contributed by atoms with Crippen molar-refractivity contribution < 1.29 is 14.3 Å². The number of rotatable bonds is 4. The van der Waals surface area contributed by atoms with Gasteiger partial charge in [0.05, 0.1) is 19.8 Å². The van der Waals surface area contributed by atoms with Crippen molar-refractivity contribution in [3.63, 3.8) is 0 Å². The van der Waals surface area contributed by atoms with E-state index in [4.69, 9.17) is 9.47 Å². The molecule has 24 heavy (non-hydrogen) atoms. The molecule has 0 bridgehead atoms. The summed E-state index contributed by atoms with van der Waals surface area (Å²) in [7, 11) is 3.05. The van der Waals surface area contributed by atoms with E-state index in [-0.39, 0.29) is 5.97 Å². The quantitative estimate of drug-likeness (QED) is 0.647. The molecule has 0 atom stereocenters. The van der Waals surface area contributed by atoms with Gasteiger partial charge >= 0.3 is 5.97 Å². The average Bonchev–Trinajstić information content (AvgIpc) is 2.67. The van der Waals surface area contributed by atoms with Gasteiger partial charge in [-0.3, -0.25) is 0 Å². The lowest BCUT2D eigenvalue weighted by molar-refractivity contribution is 0.0601. The van der Waals surface area contributed by atoms with E-state index in [1.807, 2.05) is 66.7 Å². The van der Waals surface area contributed by atoms with Crippen LogP contribution in [0.2, 0.25) is 0 Å². The van der Waals surface area contributed by atoms with Crippen molar-refractivity contribution in [1.82, 2.24) is 0 Å². The Morgan fingerprint density at radius 1 is 0.708 bits per heavy atom. The number of hydrogen-bond donors (Lipinski definition) is 0. The second-order valence-electron chi connectivity index (χ2n) is 5.31. The average molecular weight is 318 g/mol. The number of hydrogen-bond acceptors (Lipinski definition) is 3. The Morgan fingerprint density at radius 3 is 1.92 bits per heavy atom. The van der Waals surface area contributed by atoms with E-state index < -0.39 is 0 Å². The molecular weight excluding hydrogens is 300 g/mol. The third kappa shape index (κ3) is 3.01. The molecule has 0 saturated carbocycles. The van der Waals surface area contributed by atoms with Gasteiger partial charge in [-0.05, 0) is 40.5 Å². The molecule has 0 radical (unpaired) electrons. The minimum Gasteiger partial charge on any atom is -0.497 e. The topological polar surface area (TPSA) is 35.5 Å². The third-order valence-electron chi connectivity index (χ3n) is 3.95. The summed E-state index contributed by atoms with van der Waals surface area (Å²) in [6, 6.07) is 23.4. The number of methoxy groups -OCH3 is 2. The predicted octanol–water partition coefficient (Wildman–Crippen LogP) is 4.82. The maximum atomic E-state index is 12.1. The molecule has 0 aliphatic rings. The summed E-state index contributed by atoms with van der Waals surface area (Å²) in [5.41, 5.74) is 4.52. The first kappa shape index (κ1) is 15.8. The Balaban J connectivity index is 2.15. The lowest BCUT2D eigenvalue weighted by Gasteiger charge is -2.13. The molecule has 0 saturated heterocycles. The first-order valence-corrected chi connectivity index (χ1v) is 7.65. The molecule has 0 N–H and O–H groups in total. The van der Waals surface area contributed by atoms with Crippen molar-refractivity contribution in [2.75, 3.05) is 14.2 Å². The van der Waals surface area contributed by atoms with Gasteiger partial charge in [0.25, 0.3) is 0 Å². The maximum Gasteiger partial charge on any atom is 0.338 e. The fourth-order valence-corrected chi connectivity index (χ4v) is 2.75. The van der Waals surface area contributed by atoms with Gasteiger partial charge in [-0.15, -0.1) is 0 Å². The van der Waals surface area contributed by atoms with E-state index in [1.165, 1.54) is 7.11 Å². The second-order valence-corrected chi connectivity index (χ2v) is 5.31. The van der Waals surface area contributed by atoms with Crippen LogP contribution in [0.3, 0.4) is 0 Å². The molecule has 3 rings (SSSR count). The molecule has 0 amide bonds. The van der Waals surface area contributed by atoms with E-state index in [2.05, 4.69) is 0 Å². The van der Waals surface area contributed by atoms with E-state index in [0.717, 1.165) is 28.0 Å². The van der Waals surface area contributed by atoms with Crippen LogP contribution in [0.1, 0.15) is 10.4 Å². The molecule has 120 valence electrons. The monoisotopic (exact) mass is 318 g/mol. The maximum absolute atomic E-state index is 12.1. The van der Waals surface area contributed by atoms with E-state index in [0.29, 0.717) is 5.56 Å². The zero-order chi connectivity index (χ0) is 16.9. The number of benzene rings is 3. The highest BCUT2D eigenvalue weighted by Gasteiger charge is 2.15. The molecule has 0 unspecified atom stereocenters. The summed E-state index contributed by atoms with van der Waals surface area (Å²) >= 11 is 0. The summed E-state index contributed by atoms with van der Waals surface area (Å²) in [6.45, 7) is 0. The van der Waals surface area contributed by atoms with Crippen LogP contribution < -0.4 is 4.74 Å². The Labute approximate surface area is 141 Å². The second kappa shape index (κ2) is 7.01. The highest BCUT2D eigenvalue weighted by Crippen LogP contribution is 2.34. The molecule has 0 aromatic heterocycles. The summed E-state index contributed by atoms with van der Waals surface area (Å²) in [4.78, 5) is 12.1. The molecule has 0 heterocycles. The molecule has 0 aliphatic carbocycles. The Hall–Kier alpha value is -3.07. The lowest BCUT2D eigenvalue weighted by Crippen LogP contribution is -2.03. The van der Waals surface area contributed by atoms with Gasteiger partial charge in [0, 0.05) is 0 Å². The van der Waals surface area contributed by atoms with Gasteiger partial charge in [0.15, 0.2) is 0 Å². The van der Waals surface area contributed by atoms with Crippen molar-refractivity contribution in [2.24, 2.45) is 0 Å². The molecular formula is C21H18O3. The van der Waals surface area contributed by atoms with Gasteiger partial charge < -0.3 is 9.47 Å². The fraction of sp³-hybridized carbons (Fsp3) is 0.0952. The molecule has 3 aromatic carbocycles. The zero-order valence-corrected chi connectivity index (χ0v) is 13.7. The first-order chi connectivity index (χ1) is 11.7. The first-order valence-electron chi connectivity index (χ1n) is 7.65. The highest BCUT2D eigenvalue weighted by atomic mass is 16.5. The van der Waals surface area contributed by atoms with Crippen LogP contribution in [0.15, 0.2) is 72.8 Å². The summed E-state index contributed by atoms with van der Waals surface area (Å²) in [5, 5.41) is 0. The van der Waals surface area contributed by atoms with Gasteiger partial charge in [-0.2, -0.15) is 0 Å². The smallest absolute Gasteiger partial charge is 0.338 e. The zero-order valence-electron chi connectivity index (χ0n) is 13.7. The van der Waals surface area contributed by atoms with Crippen LogP contribution >= 0.6 is 0 Å². The van der Waals surface area contributed by atoms with Crippen molar-refractivity contribution in [3.05, 3.63) is 78.4 Å². The number of carbonyl (C=O) groups excluding carboxylic acids is 1. The molecule has 0 aliphatic heterocycles. The standard InChI is InChI=1S/C21H18O3/c1-23-16-13-11-15(12-14-16)17-7-3-4-8-18(17)19-9-5-6-10-20(19)21(22)24-2/h3-14H,1-2H3. The van der Waals surface area contributed by atoms with Gasteiger partial charge in [0.2, 0.25) is 0 Å². The minimum absolute atomic E-state index is 0.338. The lowest BCUT2D eigenvalue weighted by atomic mass is 9.92. The van der Waals surface area contributed by atoms with E-state index >= 15 is 0 Å². The van der Waals surface area contributed by atoms with Crippen molar-refractivity contribution in [1.29, 1.82) is 0 Å². The van der Waals surface area contributed by atoms with E-state index in [9.17, 15) is 4.79 Å². The summed E-state index contributed by atoms with van der Waals surface area (Å²) < 4.78 is 10.1. The highest BCUT2D eigenvalue weighted by molar-refractivity contribution is 5.99. The van der Waals surface area contributed by atoms with Crippen molar-refractivity contribution >= 4 is 5.97 Å². The Kier molecular flexibility index (Phi) is 4.62. The van der Waals surface area contributed by atoms with Crippen LogP contribution in [0.25, 0.3) is 22.3 Å². The largest absolute Gasteiger partial charge is 0.497 e. The molecule has 0 spiro atoms. The van der Waals surface area contributed by atoms with Gasteiger partial charge in [-0.25, -0.2) is 4.79 Å². The molecule has 3 nitrogen and oxygen atoms in total. The fourth-order valence-electron chi connectivity index (χ4n) is 2.75. The third-order valence-corrected chi connectivity index (χ3v) is 3.95. The van der Waals surface area contributed by atoms with Crippen LogP contribution in [-0.2, 0) is 4.74 Å². The van der Waals surface area contributed by atoms with Gasteiger partial charge in [0.1, 0.15) is 5.75 Å². The molecule has 3 heteroatoms. The SMILES string of the molecule is COC(=O)c1ccccc1-c1ccccc1-c1ccc(OC)cc1. The van der Waals surface area contributed by atoms with Gasteiger partial charge in [-0.1, -0.05) is 54.6 Å². The molecule has 3 aromatic rings. The van der Waals surface area contributed by atoms with E-state index in [1.54, 1.807) is 13.2 Å². The number of esters is 1. The van der Waals surface area contributed by atoms with Crippen LogP contribution in [0, 0.1) is 0 Å². The van der Waals surface area contributed by atoms with Crippen LogP contribution in [0.5, 0.6) is 5.75 Å². The van der Waals surface area contributed by atoms with Crippen LogP contribution in [0.4, 0.5) is 0 Å². The van der Waals surface area contributed by atoms with Crippen molar-refractivity contribution in [3.8, 4) is 28.0 Å². The predicted molar refractivity (Wildman–Crippen MR) is 95.2 cm³/mol. The Morgan fingerprint density at radius 2 is 1.29 bits per heavy atom. The Bertz CT molecular complexity index is 851. The summed E-state index contributed by atoms with van der Waals surface area (Å²) in [5.74, 6) is 0.473. The summed E-state index contributed by atoms with van der Waals surface area (Å²) in [6.07, 6.45) is 0. The number of carbonyl (C=O) groups is 1. The number of ether oxygens (including phenoxy) is 2. The normalized spacial score (nSPS) is 10.2. The van der Waals surface area contributed by atoms with Crippen LogP contribution in [-0.4, -0.2) is 20.2 Å².